The standard InChI is InChI=1S/C13H18N2O2/c1-10-5-3-2-4-8-15(10)12-9-14-7-6-11(12)13(16)17/h6-7,9-10H,2-5,8H2,1H3,(H,16,17). The van der Waals surface area contributed by atoms with E-state index in [9.17, 15) is 9.90 Å². The van der Waals surface area contributed by atoms with Crippen LogP contribution < -0.4 is 4.90 Å². The zero-order chi connectivity index (χ0) is 12.3. The fraction of sp³-hybridized carbons (Fsp3) is 0.538. The maximum Gasteiger partial charge on any atom is 0.337 e. The molecule has 1 aromatic rings. The Morgan fingerprint density at radius 2 is 2.29 bits per heavy atom. The highest BCUT2D eigenvalue weighted by Gasteiger charge is 2.21. The summed E-state index contributed by atoms with van der Waals surface area (Å²) in [5.74, 6) is -0.876. The Labute approximate surface area is 101 Å². The molecule has 0 saturated carbocycles. The lowest BCUT2D eigenvalue weighted by atomic mass is 10.1. The van der Waals surface area contributed by atoms with Gasteiger partial charge in [0.25, 0.3) is 0 Å². The van der Waals surface area contributed by atoms with E-state index in [1.165, 1.54) is 19.0 Å². The molecule has 0 amide bonds. The van der Waals surface area contributed by atoms with Crippen molar-refractivity contribution in [3.63, 3.8) is 0 Å². The van der Waals surface area contributed by atoms with E-state index in [1.54, 1.807) is 12.3 Å². The Hall–Kier alpha value is -1.58. The van der Waals surface area contributed by atoms with Crippen LogP contribution in [0.25, 0.3) is 0 Å². The minimum atomic E-state index is -0.876. The molecule has 1 aromatic heterocycles. The monoisotopic (exact) mass is 234 g/mol. The van der Waals surface area contributed by atoms with E-state index in [-0.39, 0.29) is 0 Å². The average molecular weight is 234 g/mol. The van der Waals surface area contributed by atoms with E-state index in [0.717, 1.165) is 25.1 Å². The van der Waals surface area contributed by atoms with Crippen molar-refractivity contribution in [3.8, 4) is 0 Å². The van der Waals surface area contributed by atoms with E-state index >= 15 is 0 Å². The normalized spacial score (nSPS) is 21.0. The lowest BCUT2D eigenvalue weighted by Crippen LogP contribution is -2.33. The maximum absolute atomic E-state index is 11.2. The topological polar surface area (TPSA) is 53.4 Å². The molecule has 4 heteroatoms. The molecule has 1 N–H and O–H groups in total. The molecular formula is C13H18N2O2. The summed E-state index contributed by atoms with van der Waals surface area (Å²) in [4.78, 5) is 17.4. The number of hydrogen-bond donors (Lipinski definition) is 1. The molecule has 0 aromatic carbocycles. The number of anilines is 1. The highest BCUT2D eigenvalue weighted by molar-refractivity contribution is 5.94. The van der Waals surface area contributed by atoms with Crippen molar-refractivity contribution >= 4 is 11.7 Å². The molecule has 2 heterocycles. The van der Waals surface area contributed by atoms with Crippen LogP contribution in [0.1, 0.15) is 43.0 Å². The zero-order valence-electron chi connectivity index (χ0n) is 10.1. The number of carboxylic acid groups (broad SMARTS) is 1. The van der Waals surface area contributed by atoms with Gasteiger partial charge in [0, 0.05) is 18.8 Å². The summed E-state index contributed by atoms with van der Waals surface area (Å²) >= 11 is 0. The molecule has 0 radical (unpaired) electrons. The molecule has 1 aliphatic heterocycles. The van der Waals surface area contributed by atoms with Crippen molar-refractivity contribution in [1.82, 2.24) is 4.98 Å². The molecule has 17 heavy (non-hydrogen) atoms. The summed E-state index contributed by atoms with van der Waals surface area (Å²) in [5, 5.41) is 9.20. The number of aromatic nitrogens is 1. The van der Waals surface area contributed by atoms with Crippen LogP contribution in [0.3, 0.4) is 0 Å². The summed E-state index contributed by atoms with van der Waals surface area (Å²) in [6.07, 6.45) is 7.90. The SMILES string of the molecule is CC1CCCCCN1c1cnccc1C(=O)O. The van der Waals surface area contributed by atoms with Gasteiger partial charge in [0.15, 0.2) is 0 Å². The minimum Gasteiger partial charge on any atom is -0.478 e. The Balaban J connectivity index is 2.34. The van der Waals surface area contributed by atoms with Crippen molar-refractivity contribution in [2.24, 2.45) is 0 Å². The molecule has 0 aliphatic carbocycles. The lowest BCUT2D eigenvalue weighted by Gasteiger charge is -2.30. The number of carboxylic acids is 1. The third-order valence-corrected chi connectivity index (χ3v) is 3.39. The van der Waals surface area contributed by atoms with Gasteiger partial charge in [0.05, 0.1) is 17.4 Å². The van der Waals surface area contributed by atoms with E-state index in [4.69, 9.17) is 0 Å². The zero-order valence-corrected chi connectivity index (χ0v) is 10.1. The Bertz CT molecular complexity index is 406. The van der Waals surface area contributed by atoms with Crippen LogP contribution in [-0.4, -0.2) is 28.6 Å². The molecule has 1 fully saturated rings. The van der Waals surface area contributed by atoms with Gasteiger partial charge in [-0.25, -0.2) is 4.79 Å². The van der Waals surface area contributed by atoms with Crippen molar-refractivity contribution in [1.29, 1.82) is 0 Å². The molecule has 1 atom stereocenters. The number of aromatic carboxylic acids is 1. The van der Waals surface area contributed by atoms with Crippen LogP contribution >= 0.6 is 0 Å². The molecule has 0 bridgehead atoms. The summed E-state index contributed by atoms with van der Waals surface area (Å²) in [6.45, 7) is 3.08. The highest BCUT2D eigenvalue weighted by atomic mass is 16.4. The van der Waals surface area contributed by atoms with Gasteiger partial charge in [-0.1, -0.05) is 12.8 Å². The predicted octanol–water partition coefficient (Wildman–Crippen LogP) is 2.55. The van der Waals surface area contributed by atoms with Crippen molar-refractivity contribution in [2.75, 3.05) is 11.4 Å². The van der Waals surface area contributed by atoms with Crippen LogP contribution in [0, 0.1) is 0 Å². The fourth-order valence-electron chi connectivity index (χ4n) is 2.43. The molecule has 4 nitrogen and oxygen atoms in total. The first-order valence-corrected chi connectivity index (χ1v) is 6.14. The molecule has 92 valence electrons. The number of hydrogen-bond acceptors (Lipinski definition) is 3. The van der Waals surface area contributed by atoms with Crippen LogP contribution in [0.5, 0.6) is 0 Å². The molecule has 2 rings (SSSR count). The van der Waals surface area contributed by atoms with Crippen LogP contribution in [0.2, 0.25) is 0 Å². The van der Waals surface area contributed by atoms with Crippen LogP contribution in [0.4, 0.5) is 5.69 Å². The van der Waals surface area contributed by atoms with Gasteiger partial charge >= 0.3 is 5.97 Å². The molecule has 1 aliphatic rings. The van der Waals surface area contributed by atoms with Crippen LogP contribution in [-0.2, 0) is 0 Å². The number of carbonyl (C=O) groups is 1. The third-order valence-electron chi connectivity index (χ3n) is 3.39. The van der Waals surface area contributed by atoms with Crippen molar-refractivity contribution in [3.05, 3.63) is 24.0 Å². The van der Waals surface area contributed by atoms with Gasteiger partial charge in [0.2, 0.25) is 0 Å². The largest absolute Gasteiger partial charge is 0.478 e. The Morgan fingerprint density at radius 1 is 1.47 bits per heavy atom. The second kappa shape index (κ2) is 5.17. The fourth-order valence-corrected chi connectivity index (χ4v) is 2.43. The van der Waals surface area contributed by atoms with E-state index in [0.29, 0.717) is 11.6 Å². The Morgan fingerprint density at radius 3 is 3.06 bits per heavy atom. The summed E-state index contributed by atoms with van der Waals surface area (Å²) in [7, 11) is 0. The van der Waals surface area contributed by atoms with Crippen molar-refractivity contribution in [2.45, 2.75) is 38.6 Å². The first-order valence-electron chi connectivity index (χ1n) is 6.14. The highest BCUT2D eigenvalue weighted by Crippen LogP contribution is 2.26. The number of rotatable bonds is 2. The number of nitrogens with zero attached hydrogens (tertiary/aromatic N) is 2. The summed E-state index contributed by atoms with van der Waals surface area (Å²) in [5.41, 5.74) is 1.11. The first kappa shape index (κ1) is 11.9. The molecular weight excluding hydrogens is 216 g/mol. The van der Waals surface area contributed by atoms with Crippen LogP contribution in [0.15, 0.2) is 18.5 Å². The third kappa shape index (κ3) is 2.57. The van der Waals surface area contributed by atoms with Gasteiger partial charge in [-0.3, -0.25) is 4.98 Å². The van der Waals surface area contributed by atoms with E-state index in [2.05, 4.69) is 16.8 Å². The summed E-state index contributed by atoms with van der Waals surface area (Å²) < 4.78 is 0. The van der Waals surface area contributed by atoms with Gasteiger partial charge < -0.3 is 10.0 Å². The second-order valence-electron chi connectivity index (χ2n) is 4.59. The van der Waals surface area contributed by atoms with E-state index in [1.807, 2.05) is 0 Å². The quantitative estimate of drug-likeness (QED) is 0.854. The van der Waals surface area contributed by atoms with Crippen molar-refractivity contribution < 1.29 is 9.90 Å². The maximum atomic E-state index is 11.2. The van der Waals surface area contributed by atoms with Gasteiger partial charge in [-0.05, 0) is 25.8 Å². The second-order valence-corrected chi connectivity index (χ2v) is 4.59. The van der Waals surface area contributed by atoms with E-state index < -0.39 is 5.97 Å². The van der Waals surface area contributed by atoms with Gasteiger partial charge in [0.1, 0.15) is 0 Å². The Kier molecular flexibility index (Phi) is 3.61. The molecule has 0 spiro atoms. The van der Waals surface area contributed by atoms with Gasteiger partial charge in [-0.2, -0.15) is 0 Å². The predicted molar refractivity (Wildman–Crippen MR) is 66.5 cm³/mol. The van der Waals surface area contributed by atoms with Gasteiger partial charge in [-0.15, -0.1) is 0 Å². The average Bonchev–Trinajstić information content (AvgIpc) is 2.54. The molecule has 1 saturated heterocycles. The first-order chi connectivity index (χ1) is 8.20. The minimum absolute atomic E-state index is 0.355. The smallest absolute Gasteiger partial charge is 0.337 e. The number of pyridine rings is 1. The lowest BCUT2D eigenvalue weighted by molar-refractivity contribution is 0.0697. The molecule has 1 unspecified atom stereocenters. The summed E-state index contributed by atoms with van der Waals surface area (Å²) in [6, 6.07) is 1.97.